The third-order valence-electron chi connectivity index (χ3n) is 6.85. The second-order valence-corrected chi connectivity index (χ2v) is 9.34. The molecular formula is C26H31F4N3O2. The number of nitrogens with one attached hydrogen (secondary N) is 2. The van der Waals surface area contributed by atoms with E-state index in [4.69, 9.17) is 0 Å². The molecule has 0 unspecified atom stereocenters. The minimum Gasteiger partial charge on any atom is -0.355 e. The van der Waals surface area contributed by atoms with Gasteiger partial charge in [-0.2, -0.15) is 13.2 Å². The van der Waals surface area contributed by atoms with Crippen molar-refractivity contribution in [1.82, 2.24) is 15.5 Å². The lowest BCUT2D eigenvalue weighted by atomic mass is 9.80. The largest absolute Gasteiger partial charge is 0.395 e. The summed E-state index contributed by atoms with van der Waals surface area (Å²) in [7, 11) is 5.03. The number of likely N-dealkylation sites (N-methyl/N-ethyl adjacent to an activating group) is 1. The Morgan fingerprint density at radius 3 is 2.26 bits per heavy atom. The number of alkyl halides is 3. The molecule has 0 spiro atoms. The lowest BCUT2D eigenvalue weighted by Crippen LogP contribution is -2.42. The first kappa shape index (κ1) is 26.7. The molecule has 2 aromatic carbocycles. The molecule has 0 saturated heterocycles. The molecule has 0 radical (unpaired) electrons. The fourth-order valence-corrected chi connectivity index (χ4v) is 4.48. The second-order valence-electron chi connectivity index (χ2n) is 9.34. The van der Waals surface area contributed by atoms with Crippen LogP contribution in [-0.2, 0) is 11.2 Å². The second kappa shape index (κ2) is 10.8. The molecule has 1 fully saturated rings. The Balaban J connectivity index is 1.68. The molecule has 0 aliphatic heterocycles. The fraction of sp³-hybridized carbons (Fsp3) is 0.462. The van der Waals surface area contributed by atoms with Crippen LogP contribution in [0.4, 0.5) is 17.6 Å². The zero-order valence-corrected chi connectivity index (χ0v) is 20.1. The van der Waals surface area contributed by atoms with Gasteiger partial charge in [-0.15, -0.1) is 0 Å². The smallest absolute Gasteiger partial charge is 0.355 e. The molecule has 2 amide bonds. The quantitative estimate of drug-likeness (QED) is 0.486. The Labute approximate surface area is 202 Å². The molecular weight excluding hydrogens is 462 g/mol. The van der Waals surface area contributed by atoms with E-state index in [1.165, 1.54) is 19.2 Å². The van der Waals surface area contributed by atoms with Gasteiger partial charge in [-0.25, -0.2) is 4.39 Å². The molecule has 35 heavy (non-hydrogen) atoms. The Kier molecular flexibility index (Phi) is 8.20. The predicted molar refractivity (Wildman–Crippen MR) is 126 cm³/mol. The normalized spacial score (nSPS) is 16.5. The Morgan fingerprint density at radius 1 is 1.09 bits per heavy atom. The van der Waals surface area contributed by atoms with Crippen molar-refractivity contribution < 1.29 is 27.2 Å². The number of carbonyl (C=O) groups excluding carboxylic acids is 2. The van der Waals surface area contributed by atoms with Crippen molar-refractivity contribution in [2.45, 2.75) is 43.8 Å². The lowest BCUT2D eigenvalue weighted by molar-refractivity contribution is -0.194. The van der Waals surface area contributed by atoms with Gasteiger partial charge in [0.1, 0.15) is 5.82 Å². The minimum absolute atomic E-state index is 0.0152. The maximum absolute atomic E-state index is 14.3. The number of hydrogen-bond acceptors (Lipinski definition) is 3. The molecule has 0 aromatic heterocycles. The number of halogens is 4. The van der Waals surface area contributed by atoms with Gasteiger partial charge in [0.2, 0.25) is 5.91 Å². The van der Waals surface area contributed by atoms with Gasteiger partial charge in [-0.1, -0.05) is 36.4 Å². The van der Waals surface area contributed by atoms with Crippen LogP contribution in [0.1, 0.15) is 46.7 Å². The van der Waals surface area contributed by atoms with Crippen LogP contribution in [-0.4, -0.2) is 56.6 Å². The molecule has 1 saturated carbocycles. The summed E-state index contributed by atoms with van der Waals surface area (Å²) in [5.74, 6) is -2.57. The van der Waals surface area contributed by atoms with Crippen LogP contribution in [0, 0.1) is 11.2 Å². The molecule has 3 rings (SSSR count). The molecule has 2 atom stereocenters. The number of hydrogen-bond donors (Lipinski definition) is 2. The number of carbonyl (C=O) groups is 2. The van der Waals surface area contributed by atoms with E-state index in [1.54, 1.807) is 36.4 Å². The molecule has 5 nitrogen and oxygen atoms in total. The summed E-state index contributed by atoms with van der Waals surface area (Å²) in [6, 6.07) is 12.5. The first-order chi connectivity index (χ1) is 16.5. The molecule has 0 heterocycles. The SMILES string of the molecule is CNC(=O)c1ccc(C[C@@H](CNC(=O)C[C@@H](c2ccccc2)C2(C(F)(F)F)CC2)N(C)C)cc1F. The zero-order chi connectivity index (χ0) is 25.8. The molecule has 190 valence electrons. The van der Waals surface area contributed by atoms with E-state index < -0.39 is 35.1 Å². The number of nitrogens with zero attached hydrogens (tertiary/aromatic N) is 1. The van der Waals surface area contributed by atoms with Gasteiger partial charge in [0, 0.05) is 32.0 Å². The summed E-state index contributed by atoms with van der Waals surface area (Å²) >= 11 is 0. The highest BCUT2D eigenvalue weighted by atomic mass is 19.4. The summed E-state index contributed by atoms with van der Waals surface area (Å²) in [6.07, 6.45) is -4.24. The van der Waals surface area contributed by atoms with Crippen LogP contribution in [0.15, 0.2) is 48.5 Å². The fourth-order valence-electron chi connectivity index (χ4n) is 4.48. The van der Waals surface area contributed by atoms with Gasteiger partial charge in [-0.05, 0) is 56.6 Å². The van der Waals surface area contributed by atoms with Crippen molar-refractivity contribution in [3.05, 3.63) is 71.0 Å². The van der Waals surface area contributed by atoms with Gasteiger partial charge in [0.15, 0.2) is 0 Å². The van der Waals surface area contributed by atoms with Gasteiger partial charge >= 0.3 is 6.18 Å². The summed E-state index contributed by atoms with van der Waals surface area (Å²) in [5.41, 5.74) is -0.777. The number of benzene rings is 2. The highest BCUT2D eigenvalue weighted by Gasteiger charge is 2.67. The molecule has 1 aliphatic rings. The van der Waals surface area contributed by atoms with Gasteiger partial charge < -0.3 is 15.5 Å². The van der Waals surface area contributed by atoms with E-state index in [0.29, 0.717) is 17.5 Å². The first-order valence-electron chi connectivity index (χ1n) is 11.5. The van der Waals surface area contributed by atoms with Crippen LogP contribution in [0.25, 0.3) is 0 Å². The highest BCUT2D eigenvalue weighted by Crippen LogP contribution is 2.66. The van der Waals surface area contributed by atoms with Crippen molar-refractivity contribution in [3.8, 4) is 0 Å². The Bertz CT molecular complexity index is 1040. The first-order valence-corrected chi connectivity index (χ1v) is 11.5. The minimum atomic E-state index is -4.38. The van der Waals surface area contributed by atoms with E-state index >= 15 is 0 Å². The van der Waals surface area contributed by atoms with E-state index in [0.717, 1.165) is 0 Å². The summed E-state index contributed by atoms with van der Waals surface area (Å²) in [5, 5.41) is 5.16. The topological polar surface area (TPSA) is 61.4 Å². The molecule has 2 N–H and O–H groups in total. The number of rotatable bonds is 10. The van der Waals surface area contributed by atoms with Crippen molar-refractivity contribution in [2.24, 2.45) is 5.41 Å². The van der Waals surface area contributed by atoms with Crippen molar-refractivity contribution >= 4 is 11.8 Å². The Hall–Kier alpha value is -2.94. The molecule has 1 aliphatic carbocycles. The van der Waals surface area contributed by atoms with E-state index in [2.05, 4.69) is 10.6 Å². The molecule has 2 aromatic rings. The molecule has 0 bridgehead atoms. The lowest BCUT2D eigenvalue weighted by Gasteiger charge is -2.30. The van der Waals surface area contributed by atoms with Crippen LogP contribution in [0.3, 0.4) is 0 Å². The summed E-state index contributed by atoms with van der Waals surface area (Å²) in [4.78, 5) is 26.4. The third kappa shape index (κ3) is 6.20. The van der Waals surface area contributed by atoms with Crippen molar-refractivity contribution in [2.75, 3.05) is 27.7 Å². The van der Waals surface area contributed by atoms with Gasteiger partial charge in [0.25, 0.3) is 5.91 Å². The summed E-state index contributed by atoms with van der Waals surface area (Å²) in [6.45, 7) is 0.186. The summed E-state index contributed by atoms with van der Waals surface area (Å²) < 4.78 is 56.0. The van der Waals surface area contributed by atoms with Gasteiger partial charge in [0.05, 0.1) is 11.0 Å². The predicted octanol–water partition coefficient (Wildman–Crippen LogP) is 4.29. The van der Waals surface area contributed by atoms with E-state index in [9.17, 15) is 27.2 Å². The van der Waals surface area contributed by atoms with Crippen molar-refractivity contribution in [1.29, 1.82) is 0 Å². The number of amides is 2. The monoisotopic (exact) mass is 493 g/mol. The maximum atomic E-state index is 14.3. The van der Waals surface area contributed by atoms with E-state index in [1.807, 2.05) is 19.0 Å². The zero-order valence-electron chi connectivity index (χ0n) is 20.1. The average molecular weight is 494 g/mol. The van der Waals surface area contributed by atoms with Crippen LogP contribution in [0.2, 0.25) is 0 Å². The van der Waals surface area contributed by atoms with Gasteiger partial charge in [-0.3, -0.25) is 9.59 Å². The highest BCUT2D eigenvalue weighted by molar-refractivity contribution is 5.94. The maximum Gasteiger partial charge on any atom is 0.395 e. The molecule has 9 heteroatoms. The van der Waals surface area contributed by atoms with E-state index in [-0.39, 0.29) is 37.4 Å². The van der Waals surface area contributed by atoms with Crippen LogP contribution < -0.4 is 10.6 Å². The Morgan fingerprint density at radius 2 is 1.74 bits per heavy atom. The standard InChI is InChI=1S/C26H31F4N3O2/c1-31-24(35)20-10-9-17(14-22(20)27)13-19(33(2)3)16-32-23(34)15-21(18-7-5-4-6-8-18)25(11-12-25)26(28,29)30/h4-10,14,19,21H,11-13,15-16H2,1-3H3,(H,31,35)(H,32,34)/t19-,21-/m0/s1. The van der Waals surface area contributed by atoms with Crippen LogP contribution >= 0.6 is 0 Å². The third-order valence-corrected chi connectivity index (χ3v) is 6.85. The van der Waals surface area contributed by atoms with Crippen molar-refractivity contribution in [3.63, 3.8) is 0 Å². The van der Waals surface area contributed by atoms with Crippen LogP contribution in [0.5, 0.6) is 0 Å². The average Bonchev–Trinajstić information content (AvgIpc) is 3.62.